The average molecular weight is 131 g/mol. The van der Waals surface area contributed by atoms with Crippen LogP contribution in [0.15, 0.2) is 24.5 Å². The zero-order valence-electron chi connectivity index (χ0n) is 5.96. The van der Waals surface area contributed by atoms with Crippen LogP contribution in [0, 0.1) is 0 Å². The van der Waals surface area contributed by atoms with Crippen molar-refractivity contribution in [2.24, 2.45) is 0 Å². The van der Waals surface area contributed by atoms with Gasteiger partial charge in [0.1, 0.15) is 0 Å². The second kappa shape index (κ2) is 1.94. The molecule has 10 heavy (non-hydrogen) atoms. The largest absolute Gasteiger partial charge is 0.264 e. The standard InChI is InChI=1S/C9H9N/c1-7-2-3-8-4-5-10-6-9(7)8/h2,4-6H,3H2,1H3. The van der Waals surface area contributed by atoms with E-state index in [-0.39, 0.29) is 0 Å². The normalized spacial score (nSPS) is 14.7. The zero-order valence-corrected chi connectivity index (χ0v) is 5.96. The molecule has 1 aliphatic carbocycles. The molecule has 0 bridgehead atoms. The Bertz CT molecular complexity index is 287. The fourth-order valence-electron chi connectivity index (χ4n) is 1.33. The van der Waals surface area contributed by atoms with Crippen molar-refractivity contribution < 1.29 is 0 Å². The van der Waals surface area contributed by atoms with Crippen molar-refractivity contribution in [3.8, 4) is 0 Å². The van der Waals surface area contributed by atoms with Crippen LogP contribution in [0.2, 0.25) is 0 Å². The summed E-state index contributed by atoms with van der Waals surface area (Å²) in [7, 11) is 0. The summed E-state index contributed by atoms with van der Waals surface area (Å²) in [5, 5.41) is 0. The van der Waals surface area contributed by atoms with E-state index in [0.29, 0.717) is 0 Å². The minimum Gasteiger partial charge on any atom is -0.264 e. The maximum absolute atomic E-state index is 4.07. The number of fused-ring (bicyclic) bond motifs is 1. The van der Waals surface area contributed by atoms with Crippen molar-refractivity contribution in [1.82, 2.24) is 4.98 Å². The average Bonchev–Trinajstić information content (AvgIpc) is 2.34. The maximum Gasteiger partial charge on any atom is 0.0345 e. The van der Waals surface area contributed by atoms with Crippen LogP contribution in [0.4, 0.5) is 0 Å². The van der Waals surface area contributed by atoms with Crippen LogP contribution < -0.4 is 0 Å². The molecule has 0 aromatic carbocycles. The molecule has 0 aliphatic heterocycles. The molecular formula is C9H9N. The van der Waals surface area contributed by atoms with E-state index in [1.807, 2.05) is 12.4 Å². The molecule has 0 spiro atoms. The summed E-state index contributed by atoms with van der Waals surface area (Å²) in [6, 6.07) is 2.09. The lowest BCUT2D eigenvalue weighted by atomic mass is 10.1. The third-order valence-electron chi connectivity index (χ3n) is 1.96. The molecule has 0 amide bonds. The first kappa shape index (κ1) is 5.66. The Morgan fingerprint density at radius 1 is 1.50 bits per heavy atom. The minimum atomic E-state index is 1.09. The molecule has 50 valence electrons. The van der Waals surface area contributed by atoms with Crippen LogP contribution in [0.25, 0.3) is 5.57 Å². The number of rotatable bonds is 0. The Kier molecular flexibility index (Phi) is 1.10. The lowest BCUT2D eigenvalue weighted by Crippen LogP contribution is -1.82. The second-order valence-electron chi connectivity index (χ2n) is 2.62. The Morgan fingerprint density at radius 3 is 3.20 bits per heavy atom. The van der Waals surface area contributed by atoms with Crippen LogP contribution in [-0.4, -0.2) is 4.98 Å². The first-order valence-corrected chi connectivity index (χ1v) is 3.48. The predicted molar refractivity (Wildman–Crippen MR) is 41.6 cm³/mol. The van der Waals surface area contributed by atoms with E-state index in [1.54, 1.807) is 0 Å². The highest BCUT2D eigenvalue weighted by Crippen LogP contribution is 2.24. The predicted octanol–water partition coefficient (Wildman–Crippen LogP) is 2.04. The lowest BCUT2D eigenvalue weighted by molar-refractivity contribution is 1.23. The molecule has 1 heteroatoms. The van der Waals surface area contributed by atoms with Crippen molar-refractivity contribution >= 4 is 5.57 Å². The molecule has 1 aromatic rings. The van der Waals surface area contributed by atoms with Gasteiger partial charge >= 0.3 is 0 Å². The molecule has 0 atom stereocenters. The van der Waals surface area contributed by atoms with Gasteiger partial charge in [-0.1, -0.05) is 6.08 Å². The summed E-state index contributed by atoms with van der Waals surface area (Å²) in [4.78, 5) is 4.07. The van der Waals surface area contributed by atoms with Gasteiger partial charge in [0, 0.05) is 12.4 Å². The third kappa shape index (κ3) is 0.670. The van der Waals surface area contributed by atoms with E-state index in [1.165, 1.54) is 16.7 Å². The van der Waals surface area contributed by atoms with Gasteiger partial charge < -0.3 is 0 Å². The molecule has 1 aliphatic rings. The zero-order chi connectivity index (χ0) is 6.97. The van der Waals surface area contributed by atoms with Gasteiger partial charge in [-0.05, 0) is 36.1 Å². The topological polar surface area (TPSA) is 12.9 Å². The van der Waals surface area contributed by atoms with E-state index in [0.717, 1.165) is 6.42 Å². The minimum absolute atomic E-state index is 1.09. The van der Waals surface area contributed by atoms with Gasteiger partial charge in [-0.15, -0.1) is 0 Å². The highest BCUT2D eigenvalue weighted by molar-refractivity contribution is 5.70. The Balaban J connectivity index is 2.61. The first-order valence-electron chi connectivity index (χ1n) is 3.48. The lowest BCUT2D eigenvalue weighted by Gasteiger charge is -1.96. The number of pyridine rings is 1. The SMILES string of the molecule is CC1=CCc2ccncc21. The molecule has 0 radical (unpaired) electrons. The molecule has 1 heterocycles. The van der Waals surface area contributed by atoms with Gasteiger partial charge in [-0.3, -0.25) is 4.98 Å². The van der Waals surface area contributed by atoms with Gasteiger partial charge in [-0.2, -0.15) is 0 Å². The quantitative estimate of drug-likeness (QED) is 0.525. The fraction of sp³-hybridized carbons (Fsp3) is 0.222. The smallest absolute Gasteiger partial charge is 0.0345 e. The van der Waals surface area contributed by atoms with Crippen LogP contribution in [-0.2, 0) is 6.42 Å². The van der Waals surface area contributed by atoms with Crippen molar-refractivity contribution in [3.05, 3.63) is 35.7 Å². The van der Waals surface area contributed by atoms with Crippen LogP contribution in [0.1, 0.15) is 18.1 Å². The second-order valence-corrected chi connectivity index (χ2v) is 2.62. The van der Waals surface area contributed by atoms with Crippen molar-refractivity contribution in [1.29, 1.82) is 0 Å². The van der Waals surface area contributed by atoms with E-state index in [9.17, 15) is 0 Å². The molecule has 0 saturated heterocycles. The number of nitrogens with zero attached hydrogens (tertiary/aromatic N) is 1. The van der Waals surface area contributed by atoms with Gasteiger partial charge in [0.15, 0.2) is 0 Å². The molecule has 0 saturated carbocycles. The van der Waals surface area contributed by atoms with Crippen LogP contribution in [0.5, 0.6) is 0 Å². The number of allylic oxidation sites excluding steroid dienone is 2. The summed E-state index contributed by atoms with van der Waals surface area (Å²) in [6.07, 6.45) is 7.12. The maximum atomic E-state index is 4.07. The molecule has 0 fully saturated rings. The monoisotopic (exact) mass is 131 g/mol. The Morgan fingerprint density at radius 2 is 2.40 bits per heavy atom. The first-order chi connectivity index (χ1) is 4.88. The molecule has 1 aromatic heterocycles. The van der Waals surface area contributed by atoms with Crippen LogP contribution in [0.3, 0.4) is 0 Å². The van der Waals surface area contributed by atoms with Crippen molar-refractivity contribution in [2.75, 3.05) is 0 Å². The van der Waals surface area contributed by atoms with E-state index in [2.05, 4.69) is 24.1 Å². The molecule has 0 unspecified atom stereocenters. The number of hydrogen-bond acceptors (Lipinski definition) is 1. The Labute approximate surface area is 60.4 Å². The van der Waals surface area contributed by atoms with Crippen molar-refractivity contribution in [2.45, 2.75) is 13.3 Å². The summed E-state index contributed by atoms with van der Waals surface area (Å²) < 4.78 is 0. The Hall–Kier alpha value is -1.11. The van der Waals surface area contributed by atoms with E-state index in [4.69, 9.17) is 0 Å². The van der Waals surface area contributed by atoms with E-state index < -0.39 is 0 Å². The number of aromatic nitrogens is 1. The summed E-state index contributed by atoms with van der Waals surface area (Å²) in [5.41, 5.74) is 4.10. The molecular weight excluding hydrogens is 122 g/mol. The summed E-state index contributed by atoms with van der Waals surface area (Å²) >= 11 is 0. The fourth-order valence-corrected chi connectivity index (χ4v) is 1.33. The van der Waals surface area contributed by atoms with Crippen LogP contribution >= 0.6 is 0 Å². The van der Waals surface area contributed by atoms with Crippen molar-refractivity contribution in [3.63, 3.8) is 0 Å². The summed E-state index contributed by atoms with van der Waals surface area (Å²) in [6.45, 7) is 2.13. The molecule has 0 N–H and O–H groups in total. The molecule has 1 nitrogen and oxygen atoms in total. The van der Waals surface area contributed by atoms with Gasteiger partial charge in [0.25, 0.3) is 0 Å². The third-order valence-corrected chi connectivity index (χ3v) is 1.96. The number of hydrogen-bond donors (Lipinski definition) is 0. The molecule has 2 rings (SSSR count). The highest BCUT2D eigenvalue weighted by atomic mass is 14.6. The summed E-state index contributed by atoms with van der Waals surface area (Å²) in [5.74, 6) is 0. The van der Waals surface area contributed by atoms with Gasteiger partial charge in [0.2, 0.25) is 0 Å². The van der Waals surface area contributed by atoms with E-state index >= 15 is 0 Å². The van der Waals surface area contributed by atoms with Gasteiger partial charge in [0.05, 0.1) is 0 Å². The highest BCUT2D eigenvalue weighted by Gasteiger charge is 2.08. The van der Waals surface area contributed by atoms with Gasteiger partial charge in [-0.25, -0.2) is 0 Å².